The van der Waals surface area contributed by atoms with Gasteiger partial charge in [-0.1, -0.05) is 52.2 Å². The van der Waals surface area contributed by atoms with Gasteiger partial charge in [0.2, 0.25) is 18.4 Å². The molecule has 9 nitrogen and oxygen atoms in total. The third kappa shape index (κ3) is 8.04. The van der Waals surface area contributed by atoms with Crippen LogP contribution in [0.1, 0.15) is 69.9 Å². The van der Waals surface area contributed by atoms with Gasteiger partial charge in [0.15, 0.2) is 11.5 Å². The highest BCUT2D eigenvalue weighted by atomic mass is 16.7. The van der Waals surface area contributed by atoms with E-state index in [4.69, 9.17) is 14.2 Å². The lowest BCUT2D eigenvalue weighted by molar-refractivity contribution is -0.884. The molecule has 0 spiro atoms. The number of anilines is 1. The zero-order valence-corrected chi connectivity index (χ0v) is 27.7. The fourth-order valence-electron chi connectivity index (χ4n) is 6.85. The Bertz CT molecular complexity index is 1290. The van der Waals surface area contributed by atoms with Crippen LogP contribution in [0.4, 0.5) is 5.69 Å². The number of rotatable bonds is 15. The van der Waals surface area contributed by atoms with E-state index >= 15 is 0 Å². The predicted octanol–water partition coefficient (Wildman–Crippen LogP) is 5.76. The SMILES string of the molecule is CCCCN(C(=O)CN1CC(c2cc(OC)c3c(c2)OCO3)C(C(=O)O)C1CC(C)CCC)c1cccc(C[N+](C)(C)C)c1. The molecule has 4 unspecified atom stereocenters. The van der Waals surface area contributed by atoms with Gasteiger partial charge in [0.05, 0.1) is 40.7 Å². The van der Waals surface area contributed by atoms with Gasteiger partial charge in [-0.25, -0.2) is 0 Å². The van der Waals surface area contributed by atoms with Crippen molar-refractivity contribution in [2.24, 2.45) is 11.8 Å². The average molecular weight is 611 g/mol. The van der Waals surface area contributed by atoms with Gasteiger partial charge in [0.25, 0.3) is 0 Å². The Morgan fingerprint density at radius 2 is 1.91 bits per heavy atom. The second-order valence-electron chi connectivity index (χ2n) is 13.6. The normalized spacial score (nSPS) is 20.5. The first-order valence-electron chi connectivity index (χ1n) is 16.1. The molecule has 2 aliphatic rings. The molecule has 4 rings (SSSR count). The van der Waals surface area contributed by atoms with Crippen LogP contribution in [0.5, 0.6) is 17.2 Å². The average Bonchev–Trinajstić information content (AvgIpc) is 3.57. The minimum Gasteiger partial charge on any atom is -0.493 e. The van der Waals surface area contributed by atoms with Crippen LogP contribution in [0.25, 0.3) is 0 Å². The maximum absolute atomic E-state index is 14.2. The van der Waals surface area contributed by atoms with Crippen LogP contribution in [-0.2, 0) is 16.1 Å². The number of carboxylic acids is 1. The van der Waals surface area contributed by atoms with Crippen molar-refractivity contribution in [2.45, 2.75) is 71.4 Å². The number of methoxy groups -OCH3 is 1. The number of benzene rings is 2. The van der Waals surface area contributed by atoms with Gasteiger partial charge in [-0.15, -0.1) is 0 Å². The summed E-state index contributed by atoms with van der Waals surface area (Å²) in [6, 6.07) is 11.8. The topological polar surface area (TPSA) is 88.5 Å². The Kier molecular flexibility index (Phi) is 11.2. The summed E-state index contributed by atoms with van der Waals surface area (Å²) in [6.07, 6.45) is 4.61. The van der Waals surface area contributed by atoms with E-state index < -0.39 is 11.9 Å². The molecule has 1 amide bonds. The number of hydrogen-bond donors (Lipinski definition) is 1. The Morgan fingerprint density at radius 1 is 1.14 bits per heavy atom. The minimum atomic E-state index is -0.842. The number of hydrogen-bond acceptors (Lipinski definition) is 6. The summed E-state index contributed by atoms with van der Waals surface area (Å²) < 4.78 is 17.7. The minimum absolute atomic E-state index is 0.00190. The molecule has 242 valence electrons. The molecule has 0 saturated carbocycles. The van der Waals surface area contributed by atoms with E-state index in [1.807, 2.05) is 29.2 Å². The quantitative estimate of drug-likeness (QED) is 0.257. The number of carboxylic acid groups (broad SMARTS) is 1. The summed E-state index contributed by atoms with van der Waals surface area (Å²) in [4.78, 5) is 31.2. The van der Waals surface area contributed by atoms with Crippen molar-refractivity contribution in [3.8, 4) is 17.2 Å². The van der Waals surface area contributed by atoms with E-state index in [0.29, 0.717) is 42.7 Å². The van der Waals surface area contributed by atoms with Gasteiger partial charge >= 0.3 is 5.97 Å². The van der Waals surface area contributed by atoms with Crippen LogP contribution in [-0.4, -0.2) is 87.1 Å². The zero-order valence-electron chi connectivity index (χ0n) is 27.7. The first-order chi connectivity index (χ1) is 20.9. The largest absolute Gasteiger partial charge is 0.493 e. The van der Waals surface area contributed by atoms with E-state index in [1.54, 1.807) is 7.11 Å². The Morgan fingerprint density at radius 3 is 2.57 bits per heavy atom. The summed E-state index contributed by atoms with van der Waals surface area (Å²) in [5, 5.41) is 10.6. The lowest BCUT2D eigenvalue weighted by Crippen LogP contribution is -2.45. The van der Waals surface area contributed by atoms with Gasteiger partial charge in [-0.3, -0.25) is 14.5 Å². The number of quaternary nitrogens is 1. The van der Waals surface area contributed by atoms with Crippen molar-refractivity contribution in [2.75, 3.05) is 59.6 Å². The first kappa shape index (κ1) is 33.6. The molecule has 0 aromatic heterocycles. The van der Waals surface area contributed by atoms with Crippen molar-refractivity contribution >= 4 is 17.6 Å². The van der Waals surface area contributed by atoms with Crippen LogP contribution in [0.3, 0.4) is 0 Å². The number of ether oxygens (including phenoxy) is 3. The molecule has 1 N–H and O–H groups in total. The van der Waals surface area contributed by atoms with Crippen molar-refractivity contribution in [1.29, 1.82) is 0 Å². The molecule has 1 fully saturated rings. The van der Waals surface area contributed by atoms with Crippen molar-refractivity contribution in [1.82, 2.24) is 4.90 Å². The fourth-order valence-corrected chi connectivity index (χ4v) is 6.85. The number of carbonyl (C=O) groups is 2. The van der Waals surface area contributed by atoms with Gasteiger partial charge < -0.3 is 28.7 Å². The van der Waals surface area contributed by atoms with Crippen LogP contribution in [0, 0.1) is 11.8 Å². The highest BCUT2D eigenvalue weighted by Crippen LogP contribution is 2.47. The predicted molar refractivity (Wildman–Crippen MR) is 172 cm³/mol. The monoisotopic (exact) mass is 610 g/mol. The third-order valence-corrected chi connectivity index (χ3v) is 8.82. The van der Waals surface area contributed by atoms with Gasteiger partial charge in [-0.2, -0.15) is 0 Å². The summed E-state index contributed by atoms with van der Waals surface area (Å²) in [6.45, 7) is 8.67. The van der Waals surface area contributed by atoms with Crippen LogP contribution < -0.4 is 19.1 Å². The summed E-state index contributed by atoms with van der Waals surface area (Å²) in [5.74, 6) is 0.118. The molecule has 2 heterocycles. The second kappa shape index (κ2) is 14.7. The summed E-state index contributed by atoms with van der Waals surface area (Å²) in [5.41, 5.74) is 2.91. The maximum atomic E-state index is 14.2. The molecule has 2 aliphatic heterocycles. The number of likely N-dealkylation sites (tertiary alicyclic amines) is 1. The van der Waals surface area contributed by atoms with E-state index in [9.17, 15) is 14.7 Å². The van der Waals surface area contributed by atoms with Crippen LogP contribution in [0.2, 0.25) is 0 Å². The molecule has 2 aromatic rings. The first-order valence-corrected chi connectivity index (χ1v) is 16.1. The van der Waals surface area contributed by atoms with Crippen LogP contribution >= 0.6 is 0 Å². The lowest BCUT2D eigenvalue weighted by Gasteiger charge is -2.31. The third-order valence-electron chi connectivity index (χ3n) is 8.82. The molecular weight excluding hydrogens is 558 g/mol. The van der Waals surface area contributed by atoms with E-state index in [2.05, 4.69) is 58.9 Å². The Balaban J connectivity index is 1.67. The second-order valence-corrected chi connectivity index (χ2v) is 13.6. The molecule has 2 aromatic carbocycles. The van der Waals surface area contributed by atoms with E-state index in [1.165, 1.54) is 5.56 Å². The van der Waals surface area contributed by atoms with Gasteiger partial charge in [-0.05, 0) is 48.6 Å². The van der Waals surface area contributed by atoms with Crippen molar-refractivity contribution in [3.63, 3.8) is 0 Å². The molecule has 9 heteroatoms. The maximum Gasteiger partial charge on any atom is 0.308 e. The number of nitrogens with zero attached hydrogens (tertiary/aromatic N) is 3. The molecular formula is C35H52N3O6+. The smallest absolute Gasteiger partial charge is 0.308 e. The molecule has 44 heavy (non-hydrogen) atoms. The summed E-state index contributed by atoms with van der Waals surface area (Å²) >= 11 is 0. The molecule has 0 aliphatic carbocycles. The van der Waals surface area contributed by atoms with Crippen LogP contribution in [0.15, 0.2) is 36.4 Å². The standard InChI is InChI=1S/C35H51N3O6/c1-8-10-15-37(27-14-11-13-25(17-27)22-38(4,5)6)32(39)21-36-20-28(33(35(40)41)29(36)16-24(3)12-9-2)26-18-30(42-7)34-31(19-26)43-23-44-34/h11,13-14,17-19,24,28-29,33H,8-10,12,15-16,20-23H2,1-7H3/p+1. The zero-order chi connectivity index (χ0) is 32.0. The summed E-state index contributed by atoms with van der Waals surface area (Å²) in [7, 11) is 8.05. The number of fused-ring (bicyclic) bond motifs is 1. The Hall–Kier alpha value is -3.30. The highest BCUT2D eigenvalue weighted by molar-refractivity contribution is 5.95. The van der Waals surface area contributed by atoms with Crippen molar-refractivity contribution < 1.29 is 33.4 Å². The van der Waals surface area contributed by atoms with Gasteiger partial charge in [0, 0.05) is 36.3 Å². The number of aliphatic carboxylic acids is 1. The van der Waals surface area contributed by atoms with Crippen molar-refractivity contribution in [3.05, 3.63) is 47.5 Å². The lowest BCUT2D eigenvalue weighted by atomic mass is 9.81. The van der Waals surface area contributed by atoms with E-state index in [-0.39, 0.29) is 31.2 Å². The Labute approximate surface area is 263 Å². The molecule has 4 atom stereocenters. The number of unbranched alkanes of at least 4 members (excludes halogenated alkanes) is 1. The number of carbonyl (C=O) groups excluding carboxylic acids is 1. The highest BCUT2D eigenvalue weighted by Gasteiger charge is 2.48. The van der Waals surface area contributed by atoms with Gasteiger partial charge in [0.1, 0.15) is 6.54 Å². The molecule has 0 bridgehead atoms. The molecule has 0 radical (unpaired) electrons. The fraction of sp³-hybridized carbons (Fsp3) is 0.600. The molecule has 1 saturated heterocycles. The number of amides is 1. The van der Waals surface area contributed by atoms with E-state index in [0.717, 1.165) is 48.0 Å².